The first-order valence-corrected chi connectivity index (χ1v) is 7.57. The lowest BCUT2D eigenvalue weighted by molar-refractivity contribution is 0.0652. The Balaban J connectivity index is 2.23. The van der Waals surface area contributed by atoms with Crippen LogP contribution in [-0.2, 0) is 4.74 Å². The molecule has 5 nitrogen and oxygen atoms in total. The molecule has 118 valence electrons. The van der Waals surface area contributed by atoms with E-state index in [0.29, 0.717) is 19.7 Å². The third kappa shape index (κ3) is 7.68. The van der Waals surface area contributed by atoms with Gasteiger partial charge in [-0.15, -0.1) is 0 Å². The van der Waals surface area contributed by atoms with Crippen LogP contribution in [0.25, 0.3) is 0 Å². The zero-order chi connectivity index (χ0) is 15.3. The lowest BCUT2D eigenvalue weighted by Crippen LogP contribution is -2.38. The lowest BCUT2D eigenvalue weighted by Gasteiger charge is -2.13. The van der Waals surface area contributed by atoms with Crippen molar-refractivity contribution < 1.29 is 9.84 Å². The SMILES string of the molecule is CCNC(=NCCCOC(C)c1ccccc1)NCCO. The van der Waals surface area contributed by atoms with Gasteiger partial charge >= 0.3 is 0 Å². The zero-order valence-corrected chi connectivity index (χ0v) is 13.0. The molecule has 0 aliphatic heterocycles. The first-order valence-electron chi connectivity index (χ1n) is 7.57. The number of hydrogen-bond donors (Lipinski definition) is 3. The number of benzene rings is 1. The number of guanidine groups is 1. The zero-order valence-electron chi connectivity index (χ0n) is 13.0. The second-order valence-corrected chi connectivity index (χ2v) is 4.69. The summed E-state index contributed by atoms with van der Waals surface area (Å²) in [5, 5.41) is 15.0. The van der Waals surface area contributed by atoms with Crippen molar-refractivity contribution >= 4 is 5.96 Å². The molecule has 5 heteroatoms. The number of nitrogens with one attached hydrogen (secondary N) is 2. The molecular formula is C16H27N3O2. The fraction of sp³-hybridized carbons (Fsp3) is 0.562. The average Bonchev–Trinajstić information content (AvgIpc) is 2.52. The Kier molecular flexibility index (Phi) is 9.24. The van der Waals surface area contributed by atoms with Crippen molar-refractivity contribution in [2.45, 2.75) is 26.4 Å². The lowest BCUT2D eigenvalue weighted by atomic mass is 10.1. The number of rotatable bonds is 9. The largest absolute Gasteiger partial charge is 0.395 e. The van der Waals surface area contributed by atoms with Crippen molar-refractivity contribution in [1.29, 1.82) is 0 Å². The van der Waals surface area contributed by atoms with Crippen LogP contribution in [0.15, 0.2) is 35.3 Å². The molecule has 0 aliphatic rings. The number of nitrogens with zero attached hydrogens (tertiary/aromatic N) is 1. The fourth-order valence-corrected chi connectivity index (χ4v) is 1.85. The fourth-order valence-electron chi connectivity index (χ4n) is 1.85. The normalized spacial score (nSPS) is 13.0. The maximum Gasteiger partial charge on any atom is 0.191 e. The summed E-state index contributed by atoms with van der Waals surface area (Å²) in [7, 11) is 0. The van der Waals surface area contributed by atoms with Crippen LogP contribution in [0.3, 0.4) is 0 Å². The second-order valence-electron chi connectivity index (χ2n) is 4.69. The first kappa shape index (κ1) is 17.5. The van der Waals surface area contributed by atoms with Crippen LogP contribution in [0.4, 0.5) is 0 Å². The molecule has 0 aliphatic carbocycles. The minimum atomic E-state index is 0.0993. The minimum absolute atomic E-state index is 0.0993. The highest BCUT2D eigenvalue weighted by atomic mass is 16.5. The summed E-state index contributed by atoms with van der Waals surface area (Å²) in [6.07, 6.45) is 0.975. The van der Waals surface area contributed by atoms with E-state index in [1.54, 1.807) is 0 Å². The average molecular weight is 293 g/mol. The van der Waals surface area contributed by atoms with Crippen molar-refractivity contribution in [2.24, 2.45) is 4.99 Å². The molecule has 1 unspecified atom stereocenters. The van der Waals surface area contributed by atoms with Crippen LogP contribution >= 0.6 is 0 Å². The molecule has 0 heterocycles. The highest BCUT2D eigenvalue weighted by Crippen LogP contribution is 2.15. The van der Waals surface area contributed by atoms with E-state index in [2.05, 4.69) is 34.7 Å². The van der Waals surface area contributed by atoms with Crippen molar-refractivity contribution in [3.05, 3.63) is 35.9 Å². The molecule has 0 amide bonds. The van der Waals surface area contributed by atoms with Gasteiger partial charge in [0.15, 0.2) is 5.96 Å². The highest BCUT2D eigenvalue weighted by Gasteiger charge is 2.04. The van der Waals surface area contributed by atoms with Gasteiger partial charge in [-0.2, -0.15) is 0 Å². The van der Waals surface area contributed by atoms with Gasteiger partial charge in [0.25, 0.3) is 0 Å². The van der Waals surface area contributed by atoms with Gasteiger partial charge in [-0.3, -0.25) is 4.99 Å². The Labute approximate surface area is 127 Å². The van der Waals surface area contributed by atoms with E-state index in [0.717, 1.165) is 18.9 Å². The van der Waals surface area contributed by atoms with Gasteiger partial charge in [-0.05, 0) is 25.8 Å². The summed E-state index contributed by atoms with van der Waals surface area (Å²) < 4.78 is 5.80. The van der Waals surface area contributed by atoms with E-state index in [4.69, 9.17) is 9.84 Å². The van der Waals surface area contributed by atoms with Gasteiger partial charge in [0.1, 0.15) is 0 Å². The van der Waals surface area contributed by atoms with E-state index in [1.807, 2.05) is 25.1 Å². The van der Waals surface area contributed by atoms with Crippen molar-refractivity contribution in [3.8, 4) is 0 Å². The third-order valence-corrected chi connectivity index (χ3v) is 2.96. The standard InChI is InChI=1S/C16H27N3O2/c1-3-17-16(19-11-12-20)18-10-7-13-21-14(2)15-8-5-4-6-9-15/h4-6,8-9,14,20H,3,7,10-13H2,1-2H3,(H2,17,18,19). The van der Waals surface area contributed by atoms with Gasteiger partial charge in [-0.1, -0.05) is 30.3 Å². The summed E-state index contributed by atoms with van der Waals surface area (Å²) in [6.45, 7) is 6.86. The van der Waals surface area contributed by atoms with E-state index in [9.17, 15) is 0 Å². The van der Waals surface area contributed by atoms with Crippen molar-refractivity contribution in [1.82, 2.24) is 10.6 Å². The molecule has 1 aromatic rings. The van der Waals surface area contributed by atoms with Gasteiger partial charge in [0, 0.05) is 26.2 Å². The van der Waals surface area contributed by atoms with Crippen molar-refractivity contribution in [2.75, 3.05) is 32.8 Å². The summed E-state index contributed by atoms with van der Waals surface area (Å²) >= 11 is 0. The molecule has 0 saturated heterocycles. The first-order chi connectivity index (χ1) is 10.3. The van der Waals surface area contributed by atoms with Crippen LogP contribution < -0.4 is 10.6 Å². The van der Waals surface area contributed by atoms with Crippen LogP contribution in [0.2, 0.25) is 0 Å². The predicted octanol–water partition coefficient (Wildman–Crippen LogP) is 1.70. The highest BCUT2D eigenvalue weighted by molar-refractivity contribution is 5.79. The smallest absolute Gasteiger partial charge is 0.191 e. The monoisotopic (exact) mass is 293 g/mol. The third-order valence-electron chi connectivity index (χ3n) is 2.96. The summed E-state index contributed by atoms with van der Waals surface area (Å²) in [4.78, 5) is 4.42. The molecular weight excluding hydrogens is 266 g/mol. The van der Waals surface area contributed by atoms with E-state index in [1.165, 1.54) is 5.56 Å². The van der Waals surface area contributed by atoms with Gasteiger partial charge < -0.3 is 20.5 Å². The second kappa shape index (κ2) is 11.1. The number of aliphatic hydroxyl groups excluding tert-OH is 1. The summed E-state index contributed by atoms with van der Waals surface area (Å²) in [5.41, 5.74) is 1.19. The number of aliphatic hydroxyl groups is 1. The van der Waals surface area contributed by atoms with Gasteiger partial charge in [0.05, 0.1) is 12.7 Å². The number of ether oxygens (including phenoxy) is 1. The maximum absolute atomic E-state index is 8.80. The molecule has 21 heavy (non-hydrogen) atoms. The van der Waals surface area contributed by atoms with E-state index in [-0.39, 0.29) is 12.7 Å². The Bertz CT molecular complexity index is 396. The van der Waals surface area contributed by atoms with Crippen LogP contribution in [-0.4, -0.2) is 43.9 Å². The Morgan fingerprint density at radius 1 is 1.29 bits per heavy atom. The number of hydrogen-bond acceptors (Lipinski definition) is 3. The Morgan fingerprint density at radius 3 is 2.71 bits per heavy atom. The maximum atomic E-state index is 8.80. The van der Waals surface area contributed by atoms with Gasteiger partial charge in [-0.25, -0.2) is 0 Å². The molecule has 0 spiro atoms. The molecule has 1 atom stereocenters. The van der Waals surface area contributed by atoms with Crippen LogP contribution in [0.5, 0.6) is 0 Å². The van der Waals surface area contributed by atoms with E-state index < -0.39 is 0 Å². The molecule has 0 fully saturated rings. The van der Waals surface area contributed by atoms with Crippen LogP contribution in [0.1, 0.15) is 31.9 Å². The molecule has 1 rings (SSSR count). The van der Waals surface area contributed by atoms with Crippen LogP contribution in [0, 0.1) is 0 Å². The molecule has 0 bridgehead atoms. The predicted molar refractivity (Wildman–Crippen MR) is 86.5 cm³/mol. The summed E-state index contributed by atoms with van der Waals surface area (Å²) in [5.74, 6) is 0.739. The molecule has 1 aromatic carbocycles. The Hall–Kier alpha value is -1.59. The quantitative estimate of drug-likeness (QED) is 0.368. The van der Waals surface area contributed by atoms with E-state index >= 15 is 0 Å². The summed E-state index contributed by atoms with van der Waals surface area (Å²) in [6, 6.07) is 10.2. The molecule has 3 N–H and O–H groups in total. The number of aliphatic imine (C=N–C) groups is 1. The Morgan fingerprint density at radius 2 is 2.05 bits per heavy atom. The van der Waals surface area contributed by atoms with Gasteiger partial charge in [0.2, 0.25) is 0 Å². The molecule has 0 radical (unpaired) electrons. The topological polar surface area (TPSA) is 65.9 Å². The minimum Gasteiger partial charge on any atom is -0.395 e. The molecule has 0 saturated carbocycles. The van der Waals surface area contributed by atoms with Crippen molar-refractivity contribution in [3.63, 3.8) is 0 Å². The molecule has 0 aromatic heterocycles.